The fraction of sp³-hybridized carbons (Fsp3) is 0.314. The van der Waals surface area contributed by atoms with E-state index < -0.39 is 22.8 Å². The predicted octanol–water partition coefficient (Wildman–Crippen LogP) is 5.35. The predicted molar refractivity (Wildman–Crippen MR) is 175 cm³/mol. The summed E-state index contributed by atoms with van der Waals surface area (Å²) in [4.78, 5) is 54.3. The second kappa shape index (κ2) is 14.9. The van der Waals surface area contributed by atoms with Crippen LogP contribution in [0.4, 0.5) is 5.69 Å². The summed E-state index contributed by atoms with van der Waals surface area (Å²) in [5.41, 5.74) is 2.80. The fourth-order valence-corrected chi connectivity index (χ4v) is 6.43. The largest absolute Gasteiger partial charge is 0.466 e. The van der Waals surface area contributed by atoms with Crippen molar-refractivity contribution in [3.8, 4) is 0 Å². The second-order valence-corrected chi connectivity index (χ2v) is 11.4. The summed E-state index contributed by atoms with van der Waals surface area (Å²) in [6.07, 6.45) is 0. The van der Waals surface area contributed by atoms with Crippen molar-refractivity contribution >= 4 is 17.6 Å². The Balaban J connectivity index is 1.30. The van der Waals surface area contributed by atoms with Crippen molar-refractivity contribution in [1.82, 2.24) is 14.8 Å². The van der Waals surface area contributed by atoms with Crippen molar-refractivity contribution < 1.29 is 24.0 Å². The highest BCUT2D eigenvalue weighted by atomic mass is 16.6. The number of nitroso groups, excluding NO2 is 1. The molecule has 0 amide bonds. The van der Waals surface area contributed by atoms with Crippen molar-refractivity contribution in [3.05, 3.63) is 139 Å². The van der Waals surface area contributed by atoms with Crippen molar-refractivity contribution in [2.75, 3.05) is 46.4 Å². The van der Waals surface area contributed by atoms with E-state index >= 15 is 0 Å². The number of methoxy groups -OCH3 is 1. The maximum Gasteiger partial charge on any atom is 0.336 e. The van der Waals surface area contributed by atoms with E-state index in [9.17, 15) is 24.6 Å². The topological polar surface area (TPSA) is 135 Å². The Morgan fingerprint density at radius 2 is 1.45 bits per heavy atom. The zero-order valence-electron chi connectivity index (χ0n) is 26.6. The zero-order valence-corrected chi connectivity index (χ0v) is 26.6. The number of piperazine rings is 1. The highest BCUT2D eigenvalue weighted by Gasteiger charge is 2.41. The van der Waals surface area contributed by atoms with Gasteiger partial charge in [-0.25, -0.2) is 14.6 Å². The van der Waals surface area contributed by atoms with E-state index in [0.717, 1.165) is 31.2 Å². The van der Waals surface area contributed by atoms with Gasteiger partial charge >= 0.3 is 11.9 Å². The molecule has 2 aliphatic heterocycles. The Morgan fingerprint density at radius 3 is 1.98 bits per heavy atom. The lowest BCUT2D eigenvalue weighted by Crippen LogP contribution is -2.48. The van der Waals surface area contributed by atoms with Crippen LogP contribution in [0, 0.1) is 15.0 Å². The van der Waals surface area contributed by atoms with Gasteiger partial charge < -0.3 is 9.47 Å². The number of carbonyl (C=O) groups is 2. The first-order valence-corrected chi connectivity index (χ1v) is 15.4. The van der Waals surface area contributed by atoms with Crippen LogP contribution in [0.2, 0.25) is 0 Å². The Bertz CT molecular complexity index is 1650. The van der Waals surface area contributed by atoms with Crippen molar-refractivity contribution in [3.63, 3.8) is 0 Å². The summed E-state index contributed by atoms with van der Waals surface area (Å²) in [6.45, 7) is 6.72. The quantitative estimate of drug-likeness (QED) is 0.117. The number of hydrogen-bond acceptors (Lipinski definition) is 10. The van der Waals surface area contributed by atoms with Crippen molar-refractivity contribution in [2.24, 2.45) is 5.29 Å². The Labute approximate surface area is 273 Å². The van der Waals surface area contributed by atoms with Gasteiger partial charge in [0.2, 0.25) is 0 Å². The van der Waals surface area contributed by atoms with Gasteiger partial charge in [0.25, 0.3) is 5.69 Å². The van der Waals surface area contributed by atoms with E-state index in [-0.39, 0.29) is 40.9 Å². The molecule has 1 atom stereocenters. The van der Waals surface area contributed by atoms with Gasteiger partial charge in [0, 0.05) is 44.9 Å². The van der Waals surface area contributed by atoms with Crippen LogP contribution < -0.4 is 0 Å². The average Bonchev–Trinajstić information content (AvgIpc) is 3.09. The molecule has 0 aromatic heterocycles. The number of non-ortho nitro benzene ring substituents is 1. The highest BCUT2D eigenvalue weighted by molar-refractivity contribution is 5.99. The second-order valence-electron chi connectivity index (χ2n) is 11.4. The number of rotatable bonds is 11. The summed E-state index contributed by atoms with van der Waals surface area (Å²) >= 11 is 0. The number of nitro benzene ring substituents is 1. The van der Waals surface area contributed by atoms with Gasteiger partial charge in [-0.15, -0.1) is 4.91 Å². The van der Waals surface area contributed by atoms with Crippen LogP contribution in [0.1, 0.15) is 42.5 Å². The van der Waals surface area contributed by atoms with E-state index in [1.807, 2.05) is 12.1 Å². The van der Waals surface area contributed by atoms with Crippen LogP contribution in [0.25, 0.3) is 0 Å². The molecule has 1 unspecified atom stereocenters. The van der Waals surface area contributed by atoms with E-state index in [4.69, 9.17) is 9.47 Å². The third-order valence-corrected chi connectivity index (χ3v) is 8.76. The smallest absolute Gasteiger partial charge is 0.336 e. The molecule has 2 aliphatic rings. The first-order chi connectivity index (χ1) is 22.7. The average molecular weight is 640 g/mol. The molecule has 47 heavy (non-hydrogen) atoms. The molecule has 12 heteroatoms. The first-order valence-electron chi connectivity index (χ1n) is 15.4. The minimum absolute atomic E-state index is 0.0190. The van der Waals surface area contributed by atoms with E-state index in [2.05, 4.69) is 63.6 Å². The van der Waals surface area contributed by atoms with E-state index in [0.29, 0.717) is 12.1 Å². The van der Waals surface area contributed by atoms with Gasteiger partial charge in [-0.2, -0.15) is 0 Å². The van der Waals surface area contributed by atoms with Crippen molar-refractivity contribution in [2.45, 2.75) is 25.8 Å². The number of esters is 2. The van der Waals surface area contributed by atoms with Gasteiger partial charge in [0.05, 0.1) is 51.8 Å². The summed E-state index contributed by atoms with van der Waals surface area (Å²) in [6, 6.07) is 26.6. The summed E-state index contributed by atoms with van der Waals surface area (Å²) in [5.74, 6) is -2.63. The highest BCUT2D eigenvalue weighted by Crippen LogP contribution is 2.43. The number of allylic oxidation sites excluding steroid dienone is 2. The molecular formula is C35H37N5O7. The molecule has 12 nitrogen and oxygen atoms in total. The third kappa shape index (κ3) is 7.13. The SMILES string of the molecule is COC(=O)C1=C(C)N(N=O)C(C)=C(C(=O)OCCN2CCN(C(c3ccccc3)c3ccccc3)CC2)C1c1cccc([N+](=O)[O-])c1. The Hall–Kier alpha value is -5.20. The van der Waals surface area contributed by atoms with Crippen LogP contribution >= 0.6 is 0 Å². The van der Waals surface area contributed by atoms with Crippen LogP contribution in [0.5, 0.6) is 0 Å². The maximum atomic E-state index is 13.7. The van der Waals surface area contributed by atoms with E-state index in [1.165, 1.54) is 50.3 Å². The zero-order chi connectivity index (χ0) is 33.5. The third-order valence-electron chi connectivity index (χ3n) is 8.76. The molecule has 3 aromatic carbocycles. The molecular weight excluding hydrogens is 602 g/mol. The Kier molecular flexibility index (Phi) is 10.5. The summed E-state index contributed by atoms with van der Waals surface area (Å²) in [7, 11) is 1.18. The number of nitro groups is 1. The minimum Gasteiger partial charge on any atom is -0.466 e. The molecule has 5 rings (SSSR count). The Morgan fingerprint density at radius 1 is 0.872 bits per heavy atom. The first kappa shape index (κ1) is 33.2. The van der Waals surface area contributed by atoms with Crippen LogP contribution in [0.3, 0.4) is 0 Å². The van der Waals surface area contributed by atoms with Gasteiger partial charge in [0.15, 0.2) is 0 Å². The molecule has 3 aromatic rings. The molecule has 0 spiro atoms. The van der Waals surface area contributed by atoms with Crippen molar-refractivity contribution in [1.29, 1.82) is 0 Å². The van der Waals surface area contributed by atoms with Crippen LogP contribution in [0.15, 0.2) is 113 Å². The van der Waals surface area contributed by atoms with Crippen LogP contribution in [-0.4, -0.2) is 78.1 Å². The number of carbonyl (C=O) groups excluding carboxylic acids is 2. The molecule has 1 saturated heterocycles. The molecule has 244 valence electrons. The molecule has 1 fully saturated rings. The normalized spacial score (nSPS) is 17.5. The lowest BCUT2D eigenvalue weighted by atomic mass is 9.80. The molecule has 0 N–H and O–H groups in total. The van der Waals surface area contributed by atoms with Gasteiger partial charge in [-0.1, -0.05) is 72.8 Å². The number of benzene rings is 3. The van der Waals surface area contributed by atoms with Gasteiger partial charge in [0.1, 0.15) is 6.61 Å². The summed E-state index contributed by atoms with van der Waals surface area (Å²) in [5, 5.41) is 15.6. The molecule has 0 saturated carbocycles. The molecule has 0 bridgehead atoms. The summed E-state index contributed by atoms with van der Waals surface area (Å²) < 4.78 is 10.8. The lowest BCUT2D eigenvalue weighted by Gasteiger charge is -2.39. The molecule has 2 heterocycles. The van der Waals surface area contributed by atoms with Gasteiger partial charge in [-0.3, -0.25) is 19.9 Å². The standard InChI is InChI=1S/C35H37N5O7/c1-24-30(34(41)46-3)32(28-15-10-16-29(23-28)40(44)45)31(25(2)39(24)36-43)35(42)47-22-21-37-17-19-38(20-18-37)33(26-11-6-4-7-12-26)27-13-8-5-9-14-27/h4-16,23,32-33H,17-22H2,1-3H3. The lowest BCUT2D eigenvalue weighted by molar-refractivity contribution is -0.384. The monoisotopic (exact) mass is 639 g/mol. The van der Waals surface area contributed by atoms with E-state index in [1.54, 1.807) is 6.07 Å². The number of hydrogen-bond donors (Lipinski definition) is 0. The molecule has 0 radical (unpaired) electrons. The fourth-order valence-electron chi connectivity index (χ4n) is 6.43. The number of ether oxygens (including phenoxy) is 2. The maximum absolute atomic E-state index is 13.7. The minimum atomic E-state index is -1.08. The number of nitrogens with zero attached hydrogens (tertiary/aromatic N) is 5. The van der Waals surface area contributed by atoms with Crippen LogP contribution in [-0.2, 0) is 19.1 Å². The van der Waals surface area contributed by atoms with Gasteiger partial charge in [-0.05, 0) is 30.5 Å². The molecule has 0 aliphatic carbocycles.